The van der Waals surface area contributed by atoms with Gasteiger partial charge in [-0.05, 0) is 122 Å². The molecule has 4 heteroatoms. The molecule has 0 aliphatic heterocycles. The Balaban J connectivity index is 0.948. The van der Waals surface area contributed by atoms with Crippen molar-refractivity contribution in [1.29, 1.82) is 0 Å². The summed E-state index contributed by atoms with van der Waals surface area (Å²) in [5, 5.41) is 6.69. The van der Waals surface area contributed by atoms with Gasteiger partial charge in [-0.2, -0.15) is 0 Å². The lowest BCUT2D eigenvalue weighted by molar-refractivity contribution is 0.664. The molecule has 0 radical (unpaired) electrons. The van der Waals surface area contributed by atoms with Crippen LogP contribution in [0.15, 0.2) is 245 Å². The van der Waals surface area contributed by atoms with Gasteiger partial charge in [0.05, 0.1) is 15.8 Å². The SMILES string of the molecule is c1ccc(-c2ccc(N(c3ccc4oc5c(-c6ccc7c(c6)C6(c8ccccc8-c8ccccc86)c6ccccc6-7)c6c(cc5c4c3)oc3ccccc36)c3cccc4c3sc3ccccc34)cc2)cc1. The monoisotopic (exact) mass is 921 g/mol. The zero-order valence-corrected chi connectivity index (χ0v) is 39.0. The topological polar surface area (TPSA) is 29.5 Å². The van der Waals surface area contributed by atoms with E-state index in [1.54, 1.807) is 0 Å². The molecule has 3 nitrogen and oxygen atoms in total. The minimum absolute atomic E-state index is 0.483. The maximum atomic E-state index is 7.24. The summed E-state index contributed by atoms with van der Waals surface area (Å²) in [6.07, 6.45) is 0. The van der Waals surface area contributed by atoms with Gasteiger partial charge < -0.3 is 13.7 Å². The molecule has 0 bridgehead atoms. The highest BCUT2D eigenvalue weighted by atomic mass is 32.1. The lowest BCUT2D eigenvalue weighted by atomic mass is 9.70. The van der Waals surface area contributed by atoms with Crippen molar-refractivity contribution in [3.63, 3.8) is 0 Å². The third-order valence-corrected chi connectivity index (χ3v) is 16.7. The smallest absolute Gasteiger partial charge is 0.144 e. The lowest BCUT2D eigenvalue weighted by Gasteiger charge is -2.30. The average molecular weight is 922 g/mol. The number of benzene rings is 11. The fourth-order valence-corrected chi connectivity index (χ4v) is 13.7. The Morgan fingerprint density at radius 3 is 1.70 bits per heavy atom. The van der Waals surface area contributed by atoms with Crippen molar-refractivity contribution >= 4 is 92.4 Å². The predicted molar refractivity (Wildman–Crippen MR) is 296 cm³/mol. The number of furan rings is 2. The molecule has 0 saturated heterocycles. The van der Waals surface area contributed by atoms with Crippen LogP contribution in [0.25, 0.3) is 109 Å². The molecular formula is C67H39NO2S. The molecule has 16 rings (SSSR count). The van der Waals surface area contributed by atoms with E-state index in [2.05, 4.69) is 241 Å². The molecule has 0 fully saturated rings. The Morgan fingerprint density at radius 2 is 0.944 bits per heavy atom. The highest BCUT2D eigenvalue weighted by Crippen LogP contribution is 2.63. The molecule has 3 heterocycles. The van der Waals surface area contributed by atoms with E-state index >= 15 is 0 Å². The van der Waals surface area contributed by atoms with Gasteiger partial charge in [0.2, 0.25) is 0 Å². The molecule has 3 aromatic heterocycles. The first-order chi connectivity index (χ1) is 35.2. The number of hydrogen-bond acceptors (Lipinski definition) is 4. The maximum absolute atomic E-state index is 7.24. The number of para-hydroxylation sites is 1. The van der Waals surface area contributed by atoms with E-state index in [1.165, 1.54) is 75.8 Å². The molecule has 0 unspecified atom stereocenters. The fourth-order valence-electron chi connectivity index (χ4n) is 12.5. The van der Waals surface area contributed by atoms with E-state index in [0.717, 1.165) is 72.1 Å². The number of nitrogens with zero attached hydrogens (tertiary/aromatic N) is 1. The molecule has 0 N–H and O–H groups in total. The Kier molecular flexibility index (Phi) is 7.97. The summed E-state index contributed by atoms with van der Waals surface area (Å²) < 4.78 is 16.6. The van der Waals surface area contributed by atoms with Crippen LogP contribution in [0.3, 0.4) is 0 Å². The van der Waals surface area contributed by atoms with Crippen molar-refractivity contribution in [3.05, 3.63) is 259 Å². The van der Waals surface area contributed by atoms with Crippen LogP contribution in [-0.4, -0.2) is 0 Å². The predicted octanol–water partition coefficient (Wildman–Crippen LogP) is 19.0. The van der Waals surface area contributed by atoms with Crippen LogP contribution >= 0.6 is 11.3 Å². The van der Waals surface area contributed by atoms with E-state index < -0.39 is 5.41 Å². The number of anilines is 3. The van der Waals surface area contributed by atoms with Crippen molar-refractivity contribution < 1.29 is 8.83 Å². The van der Waals surface area contributed by atoms with E-state index in [1.807, 2.05) is 11.3 Å². The van der Waals surface area contributed by atoms with Gasteiger partial charge in [-0.25, -0.2) is 0 Å². The molecule has 0 saturated carbocycles. The Labute approximate surface area is 412 Å². The summed E-state index contributed by atoms with van der Waals surface area (Å²) in [5.41, 5.74) is 21.0. The van der Waals surface area contributed by atoms with Crippen molar-refractivity contribution in [1.82, 2.24) is 0 Å². The maximum Gasteiger partial charge on any atom is 0.144 e. The Bertz CT molecular complexity index is 4470. The van der Waals surface area contributed by atoms with E-state index in [9.17, 15) is 0 Å². The summed E-state index contributed by atoms with van der Waals surface area (Å²) >= 11 is 1.85. The molecule has 71 heavy (non-hydrogen) atoms. The largest absolute Gasteiger partial charge is 0.456 e. The van der Waals surface area contributed by atoms with E-state index in [0.29, 0.717) is 0 Å². The number of thiophene rings is 1. The van der Waals surface area contributed by atoms with Crippen LogP contribution in [0.5, 0.6) is 0 Å². The Hall–Kier alpha value is -8.96. The fraction of sp³-hybridized carbons (Fsp3) is 0.0149. The van der Waals surface area contributed by atoms with E-state index in [-0.39, 0.29) is 0 Å². The lowest BCUT2D eigenvalue weighted by Crippen LogP contribution is -2.25. The summed E-state index contributed by atoms with van der Waals surface area (Å²) in [7, 11) is 0. The normalized spacial score (nSPS) is 13.2. The zero-order chi connectivity index (χ0) is 46.4. The van der Waals surface area contributed by atoms with Gasteiger partial charge in [0, 0.05) is 54.0 Å². The average Bonchev–Trinajstić information content (AvgIpc) is 4.24. The second kappa shape index (κ2) is 14.5. The molecule has 11 aromatic carbocycles. The minimum atomic E-state index is -0.483. The van der Waals surface area contributed by atoms with Gasteiger partial charge in [0.15, 0.2) is 0 Å². The number of hydrogen-bond donors (Lipinski definition) is 0. The molecule has 0 amide bonds. The number of rotatable bonds is 5. The zero-order valence-electron chi connectivity index (χ0n) is 38.2. The first-order valence-electron chi connectivity index (χ1n) is 24.3. The van der Waals surface area contributed by atoms with Crippen molar-refractivity contribution in [2.24, 2.45) is 0 Å². The molecule has 14 aromatic rings. The third kappa shape index (κ3) is 5.32. The van der Waals surface area contributed by atoms with Crippen LogP contribution in [0, 0.1) is 0 Å². The molecule has 2 aliphatic rings. The van der Waals surface area contributed by atoms with Crippen LogP contribution in [0.4, 0.5) is 17.1 Å². The molecular weight excluding hydrogens is 883 g/mol. The van der Waals surface area contributed by atoms with Crippen LogP contribution < -0.4 is 4.90 Å². The van der Waals surface area contributed by atoms with Gasteiger partial charge in [0.25, 0.3) is 0 Å². The van der Waals surface area contributed by atoms with Gasteiger partial charge in [0.1, 0.15) is 22.3 Å². The van der Waals surface area contributed by atoms with Gasteiger partial charge >= 0.3 is 0 Å². The molecule has 2 aliphatic carbocycles. The summed E-state index contributed by atoms with van der Waals surface area (Å²) in [6, 6.07) is 86.5. The van der Waals surface area contributed by atoms with Gasteiger partial charge in [-0.15, -0.1) is 11.3 Å². The molecule has 330 valence electrons. The van der Waals surface area contributed by atoms with Crippen molar-refractivity contribution in [2.75, 3.05) is 4.90 Å². The van der Waals surface area contributed by atoms with Crippen LogP contribution in [0.1, 0.15) is 22.3 Å². The molecule has 0 atom stereocenters. The highest BCUT2D eigenvalue weighted by molar-refractivity contribution is 7.26. The summed E-state index contributed by atoms with van der Waals surface area (Å²) in [5.74, 6) is 0. The summed E-state index contributed by atoms with van der Waals surface area (Å²) in [6.45, 7) is 0. The second-order valence-corrected chi connectivity index (χ2v) is 20.1. The highest BCUT2D eigenvalue weighted by Gasteiger charge is 2.51. The van der Waals surface area contributed by atoms with Crippen LogP contribution in [0.2, 0.25) is 0 Å². The first kappa shape index (κ1) is 38.9. The van der Waals surface area contributed by atoms with Gasteiger partial charge in [-0.3, -0.25) is 0 Å². The van der Waals surface area contributed by atoms with Crippen LogP contribution in [-0.2, 0) is 5.41 Å². The van der Waals surface area contributed by atoms with Crippen molar-refractivity contribution in [3.8, 4) is 44.5 Å². The second-order valence-electron chi connectivity index (χ2n) is 19.0. The number of fused-ring (bicyclic) bond motifs is 19. The quantitative estimate of drug-likeness (QED) is 0.172. The minimum Gasteiger partial charge on any atom is -0.456 e. The first-order valence-corrected chi connectivity index (χ1v) is 25.1. The van der Waals surface area contributed by atoms with E-state index in [4.69, 9.17) is 8.83 Å². The summed E-state index contributed by atoms with van der Waals surface area (Å²) in [4.78, 5) is 2.42. The molecule has 1 spiro atoms. The third-order valence-electron chi connectivity index (χ3n) is 15.5. The van der Waals surface area contributed by atoms with Crippen molar-refractivity contribution in [2.45, 2.75) is 5.41 Å². The standard InChI is InChI=1S/C67H39NO2S/c1-2-15-40(16-3-1)41-29-32-43(33-30-41)68(58-26-14-22-50-49-20-8-13-28-62(49)71-66(50)58)44-34-36-60-52(38-44)53-39-61-64(51-21-7-12-27-59(51)69-61)63(65(53)70-60)42-31-35-48-47-19-6-11-25-56(47)67(57(48)37-42)54-23-9-4-17-45(54)46-18-5-10-24-55(46)67/h1-39H. The van der Waals surface area contributed by atoms with Gasteiger partial charge in [-0.1, -0.05) is 176 Å². The Morgan fingerprint density at radius 1 is 0.352 bits per heavy atom.